The number of carbonyl (C=O) groups excluding carboxylic acids is 1. The van der Waals surface area contributed by atoms with E-state index < -0.39 is 5.97 Å². The second-order valence-corrected chi connectivity index (χ2v) is 5.94. The van der Waals surface area contributed by atoms with Crippen molar-refractivity contribution in [1.82, 2.24) is 9.80 Å². The molecule has 1 atom stereocenters. The van der Waals surface area contributed by atoms with Gasteiger partial charge in [0.15, 0.2) is 0 Å². The van der Waals surface area contributed by atoms with Crippen LogP contribution in [0.3, 0.4) is 0 Å². The summed E-state index contributed by atoms with van der Waals surface area (Å²) in [6.07, 6.45) is 2.21. The van der Waals surface area contributed by atoms with Gasteiger partial charge < -0.3 is 14.9 Å². The van der Waals surface area contributed by atoms with Crippen molar-refractivity contribution in [3.8, 4) is 0 Å². The topological polar surface area (TPSA) is 60.9 Å². The fourth-order valence-corrected chi connectivity index (χ4v) is 3.20. The third-order valence-corrected chi connectivity index (χ3v) is 4.58. The monoisotopic (exact) mass is 288 g/mol. The number of carboxylic acid groups (broad SMARTS) is 1. The van der Waals surface area contributed by atoms with Crippen molar-refractivity contribution in [3.05, 3.63) is 34.9 Å². The number of carbonyl (C=O) groups is 2. The van der Waals surface area contributed by atoms with Crippen LogP contribution in [0.15, 0.2) is 18.2 Å². The number of nitrogens with zero attached hydrogens (tertiary/aromatic N) is 2. The molecule has 1 N–H and O–H groups in total. The van der Waals surface area contributed by atoms with Crippen molar-refractivity contribution in [2.24, 2.45) is 5.92 Å². The normalized spacial score (nSPS) is 20.7. The van der Waals surface area contributed by atoms with Gasteiger partial charge in [-0.05, 0) is 35.6 Å². The molecule has 1 fully saturated rings. The second-order valence-electron chi connectivity index (χ2n) is 5.94. The Hall–Kier alpha value is -2.04. The number of rotatable bonds is 2. The van der Waals surface area contributed by atoms with Crippen LogP contribution < -0.4 is 0 Å². The summed E-state index contributed by atoms with van der Waals surface area (Å²) in [5, 5.41) is 9.03. The molecule has 0 bridgehead atoms. The number of fused-ring (bicyclic) bond motifs is 1. The first-order valence-corrected chi connectivity index (χ1v) is 7.47. The average molecular weight is 288 g/mol. The van der Waals surface area contributed by atoms with E-state index >= 15 is 0 Å². The van der Waals surface area contributed by atoms with Gasteiger partial charge in [-0.15, -0.1) is 0 Å². The van der Waals surface area contributed by atoms with Gasteiger partial charge >= 0.3 is 12.0 Å². The third-order valence-electron chi connectivity index (χ3n) is 4.58. The zero-order chi connectivity index (χ0) is 15.0. The fraction of sp³-hybridized carbons (Fsp3) is 0.500. The van der Waals surface area contributed by atoms with Crippen molar-refractivity contribution in [1.29, 1.82) is 0 Å². The van der Waals surface area contributed by atoms with Gasteiger partial charge in [-0.25, -0.2) is 9.59 Å². The Morgan fingerprint density at radius 3 is 2.67 bits per heavy atom. The van der Waals surface area contributed by atoms with Gasteiger partial charge in [0.05, 0.1) is 5.56 Å². The molecule has 0 saturated carbocycles. The van der Waals surface area contributed by atoms with Crippen molar-refractivity contribution in [2.45, 2.75) is 32.9 Å². The maximum absolute atomic E-state index is 12.5. The van der Waals surface area contributed by atoms with Crippen LogP contribution in [-0.2, 0) is 13.1 Å². The highest BCUT2D eigenvalue weighted by molar-refractivity contribution is 5.88. The highest BCUT2D eigenvalue weighted by Gasteiger charge is 2.31. The Labute approximate surface area is 124 Å². The molecule has 1 saturated heterocycles. The minimum Gasteiger partial charge on any atom is -0.478 e. The lowest BCUT2D eigenvalue weighted by Gasteiger charge is -2.24. The van der Waals surface area contributed by atoms with E-state index in [4.69, 9.17) is 5.11 Å². The van der Waals surface area contributed by atoms with E-state index in [2.05, 4.69) is 6.92 Å². The van der Waals surface area contributed by atoms with E-state index in [0.29, 0.717) is 19.0 Å². The van der Waals surface area contributed by atoms with Crippen molar-refractivity contribution >= 4 is 12.0 Å². The standard InChI is InChI=1S/C16H20N2O3/c1-2-11-5-6-17(8-11)16(21)18-9-13-4-3-12(15(19)20)7-14(13)10-18/h3-4,7,11H,2,5-6,8-10H2,1H3,(H,19,20). The molecule has 0 aliphatic carbocycles. The first kappa shape index (κ1) is 13.9. The van der Waals surface area contributed by atoms with Gasteiger partial charge in [-0.3, -0.25) is 0 Å². The molecule has 1 unspecified atom stereocenters. The van der Waals surface area contributed by atoms with Crippen molar-refractivity contribution in [3.63, 3.8) is 0 Å². The van der Waals surface area contributed by atoms with Crippen LogP contribution in [0.2, 0.25) is 0 Å². The maximum atomic E-state index is 12.5. The fourth-order valence-electron chi connectivity index (χ4n) is 3.20. The van der Waals surface area contributed by atoms with E-state index in [1.54, 1.807) is 12.1 Å². The summed E-state index contributed by atoms with van der Waals surface area (Å²) in [7, 11) is 0. The molecule has 0 spiro atoms. The number of amides is 2. The number of aromatic carboxylic acids is 1. The molecule has 5 nitrogen and oxygen atoms in total. The Balaban J connectivity index is 1.70. The van der Waals surface area contributed by atoms with Gasteiger partial charge in [0.2, 0.25) is 0 Å². The number of hydrogen-bond donors (Lipinski definition) is 1. The van der Waals surface area contributed by atoms with Gasteiger partial charge in [0.25, 0.3) is 0 Å². The van der Waals surface area contributed by atoms with E-state index in [1.807, 2.05) is 15.9 Å². The second kappa shape index (κ2) is 5.39. The molecule has 0 radical (unpaired) electrons. The number of benzene rings is 1. The molecular formula is C16H20N2O3. The molecule has 3 rings (SSSR count). The summed E-state index contributed by atoms with van der Waals surface area (Å²) in [4.78, 5) is 27.3. The molecule has 5 heteroatoms. The summed E-state index contributed by atoms with van der Waals surface area (Å²) >= 11 is 0. The van der Waals surface area contributed by atoms with Gasteiger partial charge in [0.1, 0.15) is 0 Å². The first-order valence-electron chi connectivity index (χ1n) is 7.47. The minimum absolute atomic E-state index is 0.0824. The molecular weight excluding hydrogens is 268 g/mol. The Kier molecular flexibility index (Phi) is 3.57. The largest absolute Gasteiger partial charge is 0.478 e. The van der Waals surface area contributed by atoms with Crippen LogP contribution in [0, 0.1) is 5.92 Å². The van der Waals surface area contributed by atoms with E-state index in [0.717, 1.165) is 37.1 Å². The number of carboxylic acids is 1. The van der Waals surface area contributed by atoms with Gasteiger partial charge in [0, 0.05) is 26.2 Å². The summed E-state index contributed by atoms with van der Waals surface area (Å²) in [5.41, 5.74) is 2.30. The van der Waals surface area contributed by atoms with Crippen LogP contribution in [0.1, 0.15) is 41.3 Å². The van der Waals surface area contributed by atoms with Crippen molar-refractivity contribution in [2.75, 3.05) is 13.1 Å². The highest BCUT2D eigenvalue weighted by Crippen LogP contribution is 2.27. The molecule has 1 aromatic rings. The molecule has 2 amide bonds. The molecule has 2 heterocycles. The lowest BCUT2D eigenvalue weighted by molar-refractivity contribution is 0.0696. The van der Waals surface area contributed by atoms with Crippen molar-refractivity contribution < 1.29 is 14.7 Å². The highest BCUT2D eigenvalue weighted by atomic mass is 16.4. The zero-order valence-electron chi connectivity index (χ0n) is 12.2. The number of hydrogen-bond acceptors (Lipinski definition) is 2. The SMILES string of the molecule is CCC1CCN(C(=O)N2Cc3ccc(C(=O)O)cc3C2)C1. The summed E-state index contributed by atoms with van der Waals surface area (Å²) in [5.74, 6) is -0.301. The summed E-state index contributed by atoms with van der Waals surface area (Å²) in [6, 6.07) is 5.20. The lowest BCUT2D eigenvalue weighted by atomic mass is 10.1. The lowest BCUT2D eigenvalue weighted by Crippen LogP contribution is -2.39. The minimum atomic E-state index is -0.923. The first-order chi connectivity index (χ1) is 10.1. The third kappa shape index (κ3) is 2.60. The quantitative estimate of drug-likeness (QED) is 0.909. The smallest absolute Gasteiger partial charge is 0.335 e. The van der Waals surface area contributed by atoms with Crippen LogP contribution in [0.25, 0.3) is 0 Å². The number of urea groups is 1. The van der Waals surface area contributed by atoms with E-state index in [1.165, 1.54) is 0 Å². The molecule has 1 aromatic carbocycles. The average Bonchev–Trinajstić information content (AvgIpc) is 3.11. The predicted molar refractivity (Wildman–Crippen MR) is 78.0 cm³/mol. The Morgan fingerprint density at radius 2 is 2.00 bits per heavy atom. The molecule has 2 aliphatic rings. The Morgan fingerprint density at radius 1 is 1.24 bits per heavy atom. The summed E-state index contributed by atoms with van der Waals surface area (Å²) in [6.45, 7) is 4.95. The molecule has 21 heavy (non-hydrogen) atoms. The van der Waals surface area contributed by atoms with Crippen LogP contribution in [0.4, 0.5) is 4.79 Å². The molecule has 2 aliphatic heterocycles. The summed E-state index contributed by atoms with van der Waals surface area (Å²) < 4.78 is 0. The van der Waals surface area contributed by atoms with Crippen LogP contribution in [-0.4, -0.2) is 40.0 Å². The zero-order valence-corrected chi connectivity index (χ0v) is 12.2. The van der Waals surface area contributed by atoms with Crippen LogP contribution >= 0.6 is 0 Å². The van der Waals surface area contributed by atoms with Crippen LogP contribution in [0.5, 0.6) is 0 Å². The van der Waals surface area contributed by atoms with Gasteiger partial charge in [-0.2, -0.15) is 0 Å². The molecule has 112 valence electrons. The predicted octanol–water partition coefficient (Wildman–Crippen LogP) is 2.55. The maximum Gasteiger partial charge on any atom is 0.335 e. The molecule has 0 aromatic heterocycles. The van der Waals surface area contributed by atoms with E-state index in [-0.39, 0.29) is 11.6 Å². The number of likely N-dealkylation sites (tertiary alicyclic amines) is 1. The van der Waals surface area contributed by atoms with E-state index in [9.17, 15) is 9.59 Å². The van der Waals surface area contributed by atoms with Gasteiger partial charge in [-0.1, -0.05) is 19.4 Å². The Bertz CT molecular complexity index is 585.